The molecule has 1 heterocycles. The van der Waals surface area contributed by atoms with Gasteiger partial charge in [0.05, 0.1) is 12.2 Å². The Balaban J connectivity index is 2.12. The summed E-state index contributed by atoms with van der Waals surface area (Å²) in [5, 5.41) is 4.36. The quantitative estimate of drug-likeness (QED) is 0.785. The summed E-state index contributed by atoms with van der Waals surface area (Å²) in [7, 11) is 0. The molecule has 17 heavy (non-hydrogen) atoms. The molecule has 1 fully saturated rings. The third-order valence-electron chi connectivity index (χ3n) is 3.48. The van der Waals surface area contributed by atoms with E-state index < -0.39 is 0 Å². The van der Waals surface area contributed by atoms with Gasteiger partial charge < -0.3 is 5.73 Å². The predicted molar refractivity (Wildman–Crippen MR) is 69.7 cm³/mol. The summed E-state index contributed by atoms with van der Waals surface area (Å²) < 4.78 is 1.98. The highest BCUT2D eigenvalue weighted by atomic mass is 15.3. The molecule has 1 unspecified atom stereocenters. The molecule has 0 bridgehead atoms. The summed E-state index contributed by atoms with van der Waals surface area (Å²) in [6, 6.07) is 1.11. The van der Waals surface area contributed by atoms with E-state index in [2.05, 4.69) is 30.0 Å². The van der Waals surface area contributed by atoms with E-state index in [0.29, 0.717) is 12.6 Å². The predicted octanol–water partition coefficient (Wildman–Crippen LogP) is 1.78. The largest absolute Gasteiger partial charge is 0.329 e. The van der Waals surface area contributed by atoms with E-state index in [9.17, 15) is 0 Å². The lowest BCUT2D eigenvalue weighted by molar-refractivity contribution is 0.191. The molecule has 2 rings (SSSR count). The van der Waals surface area contributed by atoms with Crippen LogP contribution in [0.4, 0.5) is 0 Å². The highest BCUT2D eigenvalue weighted by Gasteiger charge is 2.33. The van der Waals surface area contributed by atoms with Crippen LogP contribution in [0.2, 0.25) is 0 Å². The van der Waals surface area contributed by atoms with Gasteiger partial charge in [0.2, 0.25) is 0 Å². The van der Waals surface area contributed by atoms with Crippen molar-refractivity contribution in [2.24, 2.45) is 5.73 Å². The molecular weight excluding hydrogens is 212 g/mol. The molecule has 1 aromatic heterocycles. The van der Waals surface area contributed by atoms with Crippen molar-refractivity contribution in [2.75, 3.05) is 13.1 Å². The minimum Gasteiger partial charge on any atom is -0.329 e. The van der Waals surface area contributed by atoms with Crippen molar-refractivity contribution < 1.29 is 0 Å². The lowest BCUT2D eigenvalue weighted by Crippen LogP contribution is -2.36. The maximum atomic E-state index is 5.97. The van der Waals surface area contributed by atoms with E-state index in [1.807, 2.05) is 10.9 Å². The van der Waals surface area contributed by atoms with Crippen molar-refractivity contribution in [1.29, 1.82) is 0 Å². The summed E-state index contributed by atoms with van der Waals surface area (Å²) >= 11 is 0. The Hall–Kier alpha value is -0.870. The minimum atomic E-state index is 0.350. The number of aromatic nitrogens is 2. The molecule has 4 nitrogen and oxygen atoms in total. The summed E-state index contributed by atoms with van der Waals surface area (Å²) in [6.45, 7) is 7.10. The zero-order valence-electron chi connectivity index (χ0n) is 11.0. The first kappa shape index (κ1) is 12.6. The second-order valence-corrected chi connectivity index (χ2v) is 4.85. The van der Waals surface area contributed by atoms with Crippen molar-refractivity contribution in [1.82, 2.24) is 14.7 Å². The first-order valence-corrected chi connectivity index (χ1v) is 6.78. The first-order valence-electron chi connectivity index (χ1n) is 6.78. The summed E-state index contributed by atoms with van der Waals surface area (Å²) in [5.41, 5.74) is 7.25. The molecule has 2 N–H and O–H groups in total. The number of aryl methyl sites for hydroxylation is 1. The second-order valence-electron chi connectivity index (χ2n) is 4.85. The van der Waals surface area contributed by atoms with Gasteiger partial charge in [-0.3, -0.25) is 9.58 Å². The van der Waals surface area contributed by atoms with E-state index in [-0.39, 0.29) is 0 Å². The van der Waals surface area contributed by atoms with Gasteiger partial charge >= 0.3 is 0 Å². The van der Waals surface area contributed by atoms with Crippen LogP contribution in [0.25, 0.3) is 0 Å². The van der Waals surface area contributed by atoms with Crippen LogP contribution in [-0.2, 0) is 6.54 Å². The topological polar surface area (TPSA) is 47.1 Å². The molecule has 0 saturated heterocycles. The third kappa shape index (κ3) is 2.87. The average Bonchev–Trinajstić information content (AvgIpc) is 3.08. The summed E-state index contributed by atoms with van der Waals surface area (Å²) in [5.74, 6) is 0. The molecule has 0 aromatic carbocycles. The monoisotopic (exact) mass is 236 g/mol. The SMILES string of the molecule is CCCN(C1CC1)C(CN)c1cnn(CC)c1. The van der Waals surface area contributed by atoms with E-state index in [0.717, 1.165) is 19.1 Å². The third-order valence-corrected chi connectivity index (χ3v) is 3.48. The fourth-order valence-corrected chi connectivity index (χ4v) is 2.44. The van der Waals surface area contributed by atoms with Crippen molar-refractivity contribution in [3.63, 3.8) is 0 Å². The molecule has 1 aromatic rings. The van der Waals surface area contributed by atoms with Crippen LogP contribution in [0.1, 0.15) is 44.7 Å². The Morgan fingerprint density at radius 2 is 2.29 bits per heavy atom. The number of nitrogens with zero attached hydrogens (tertiary/aromatic N) is 3. The summed E-state index contributed by atoms with van der Waals surface area (Å²) in [4.78, 5) is 2.57. The number of hydrogen-bond acceptors (Lipinski definition) is 3. The molecule has 96 valence electrons. The Kier molecular flexibility index (Phi) is 4.18. The Morgan fingerprint density at radius 1 is 1.53 bits per heavy atom. The lowest BCUT2D eigenvalue weighted by atomic mass is 10.1. The van der Waals surface area contributed by atoms with Gasteiger partial charge in [-0.05, 0) is 32.7 Å². The molecule has 1 saturated carbocycles. The standard InChI is InChI=1S/C13H24N4/c1-3-7-17(12-5-6-12)13(8-14)11-9-15-16(4-2)10-11/h9-10,12-13H,3-8,14H2,1-2H3. The van der Waals surface area contributed by atoms with Crippen LogP contribution in [0, 0.1) is 0 Å². The van der Waals surface area contributed by atoms with Gasteiger partial charge in [-0.25, -0.2) is 0 Å². The van der Waals surface area contributed by atoms with Crippen LogP contribution in [-0.4, -0.2) is 33.8 Å². The van der Waals surface area contributed by atoms with Gasteiger partial charge in [-0.1, -0.05) is 6.92 Å². The van der Waals surface area contributed by atoms with Crippen LogP contribution < -0.4 is 5.73 Å². The Bertz CT molecular complexity index is 343. The van der Waals surface area contributed by atoms with Gasteiger partial charge in [0, 0.05) is 30.9 Å². The smallest absolute Gasteiger partial charge is 0.0538 e. The van der Waals surface area contributed by atoms with Gasteiger partial charge in [0.1, 0.15) is 0 Å². The number of hydrogen-bond donors (Lipinski definition) is 1. The first-order chi connectivity index (χ1) is 8.30. The molecule has 0 amide bonds. The van der Waals surface area contributed by atoms with Gasteiger partial charge in [0.15, 0.2) is 0 Å². The van der Waals surface area contributed by atoms with Crippen LogP contribution >= 0.6 is 0 Å². The van der Waals surface area contributed by atoms with Crippen molar-refractivity contribution in [3.8, 4) is 0 Å². The lowest BCUT2D eigenvalue weighted by Gasteiger charge is -2.30. The highest BCUT2D eigenvalue weighted by Crippen LogP contribution is 2.33. The van der Waals surface area contributed by atoms with Gasteiger partial charge in [0.25, 0.3) is 0 Å². The molecule has 0 radical (unpaired) electrons. The molecule has 1 aliphatic rings. The molecule has 0 spiro atoms. The fourth-order valence-electron chi connectivity index (χ4n) is 2.44. The van der Waals surface area contributed by atoms with Crippen molar-refractivity contribution >= 4 is 0 Å². The van der Waals surface area contributed by atoms with E-state index in [1.165, 1.54) is 24.8 Å². The molecule has 4 heteroatoms. The van der Waals surface area contributed by atoms with E-state index in [4.69, 9.17) is 5.73 Å². The summed E-state index contributed by atoms with van der Waals surface area (Å²) in [6.07, 6.45) is 7.97. The maximum Gasteiger partial charge on any atom is 0.0538 e. The van der Waals surface area contributed by atoms with Crippen molar-refractivity contribution in [3.05, 3.63) is 18.0 Å². The number of rotatable bonds is 7. The normalized spacial score (nSPS) is 17.6. The van der Waals surface area contributed by atoms with Gasteiger partial charge in [-0.15, -0.1) is 0 Å². The molecular formula is C13H24N4. The zero-order chi connectivity index (χ0) is 12.3. The average molecular weight is 236 g/mol. The Morgan fingerprint density at radius 3 is 2.76 bits per heavy atom. The van der Waals surface area contributed by atoms with E-state index >= 15 is 0 Å². The van der Waals surface area contributed by atoms with Crippen molar-refractivity contribution in [2.45, 2.75) is 51.7 Å². The maximum absolute atomic E-state index is 5.97. The highest BCUT2D eigenvalue weighted by molar-refractivity contribution is 5.12. The van der Waals surface area contributed by atoms with Crippen LogP contribution in [0.3, 0.4) is 0 Å². The zero-order valence-corrected chi connectivity index (χ0v) is 11.0. The minimum absolute atomic E-state index is 0.350. The molecule has 0 aliphatic heterocycles. The van der Waals surface area contributed by atoms with Crippen LogP contribution in [0.5, 0.6) is 0 Å². The van der Waals surface area contributed by atoms with Gasteiger partial charge in [-0.2, -0.15) is 5.10 Å². The van der Waals surface area contributed by atoms with Crippen LogP contribution in [0.15, 0.2) is 12.4 Å². The second kappa shape index (κ2) is 5.65. The molecule has 1 atom stereocenters. The van der Waals surface area contributed by atoms with E-state index in [1.54, 1.807) is 0 Å². The number of nitrogens with two attached hydrogens (primary N) is 1. The Labute approximate surface area is 104 Å². The fraction of sp³-hybridized carbons (Fsp3) is 0.769. The molecule has 1 aliphatic carbocycles.